The van der Waals surface area contributed by atoms with Crippen LogP contribution in [0.4, 0.5) is 26.3 Å². The second-order valence-corrected chi connectivity index (χ2v) is 5.67. The van der Waals surface area contributed by atoms with Gasteiger partial charge in [-0.2, -0.15) is 26.3 Å². The van der Waals surface area contributed by atoms with E-state index in [9.17, 15) is 36.2 Å². The Bertz CT molecular complexity index is 400. The Morgan fingerprint density at radius 1 is 1.09 bits per heavy atom. The van der Waals surface area contributed by atoms with Crippen LogP contribution >= 0.6 is 12.0 Å². The number of ether oxygens (including phenoxy) is 1. The molecule has 0 saturated heterocycles. The summed E-state index contributed by atoms with van der Waals surface area (Å²) in [5, 5.41) is 19.9. The summed E-state index contributed by atoms with van der Waals surface area (Å²) in [5.74, 6) is -2.67. The number of halogens is 6. The van der Waals surface area contributed by atoms with Crippen LogP contribution in [-0.2, 0) is 18.9 Å². The van der Waals surface area contributed by atoms with Crippen LogP contribution in [0.5, 0.6) is 0 Å². The van der Waals surface area contributed by atoms with Gasteiger partial charge in [0.1, 0.15) is 6.10 Å². The van der Waals surface area contributed by atoms with E-state index in [4.69, 9.17) is 5.26 Å². The molecule has 0 aromatic heterocycles. The molecular weight excluding hydrogens is 362 g/mol. The van der Waals surface area contributed by atoms with Crippen molar-refractivity contribution < 1.29 is 55.6 Å². The van der Waals surface area contributed by atoms with Crippen molar-refractivity contribution in [1.82, 2.24) is 0 Å². The number of hydrogen-bond acceptors (Lipinski definition) is 7. The Kier molecular flexibility index (Phi) is 6.55. The summed E-state index contributed by atoms with van der Waals surface area (Å²) in [4.78, 5) is 11.7. The van der Waals surface area contributed by atoms with Crippen LogP contribution in [0.25, 0.3) is 0 Å². The summed E-state index contributed by atoms with van der Waals surface area (Å²) < 4.78 is 80.3. The molecule has 1 fully saturated rings. The molecule has 0 aromatic rings. The van der Waals surface area contributed by atoms with Crippen molar-refractivity contribution in [3.8, 4) is 0 Å². The third-order valence-corrected chi connectivity index (χ3v) is 4.16. The summed E-state index contributed by atoms with van der Waals surface area (Å²) >= 11 is -1.48. The molecule has 0 aromatic carbocycles. The van der Waals surface area contributed by atoms with Crippen molar-refractivity contribution in [2.75, 3.05) is 0 Å². The number of carbonyl (C=O) groups excluding carboxylic acids is 1. The molecule has 2 N–H and O–H groups in total. The maximum absolute atomic E-state index is 13.0. The average Bonchev–Trinajstić information content (AvgIpc) is 2.36. The Hall–Kier alpha value is -0.760. The van der Waals surface area contributed by atoms with Gasteiger partial charge in [-0.15, -0.1) is 4.33 Å². The van der Waals surface area contributed by atoms with Crippen molar-refractivity contribution in [2.24, 2.45) is 0 Å². The summed E-state index contributed by atoms with van der Waals surface area (Å²) in [6, 6.07) is 0. The molecule has 6 nitrogen and oxygen atoms in total. The minimum atomic E-state index is -6.15. The normalized spacial score (nSPS) is 23.7. The van der Waals surface area contributed by atoms with Gasteiger partial charge >= 0.3 is 23.1 Å². The third kappa shape index (κ3) is 4.41. The van der Waals surface area contributed by atoms with Gasteiger partial charge in [0.2, 0.25) is 0 Å². The highest BCUT2D eigenvalue weighted by molar-refractivity contribution is 7.96. The van der Waals surface area contributed by atoms with E-state index in [-0.39, 0.29) is 19.3 Å². The Balaban J connectivity index is 3.08. The second-order valence-electron chi connectivity index (χ2n) is 4.75. The van der Waals surface area contributed by atoms with Gasteiger partial charge in [-0.3, -0.25) is 0 Å². The molecule has 23 heavy (non-hydrogen) atoms. The first-order chi connectivity index (χ1) is 10.5. The van der Waals surface area contributed by atoms with Gasteiger partial charge in [0.05, 0.1) is 18.1 Å². The first-order valence-electron chi connectivity index (χ1n) is 6.14. The summed E-state index contributed by atoms with van der Waals surface area (Å²) in [7, 11) is 0. The zero-order chi connectivity index (χ0) is 17.9. The van der Waals surface area contributed by atoms with Crippen molar-refractivity contribution >= 4 is 18.0 Å². The summed E-state index contributed by atoms with van der Waals surface area (Å²) in [5.41, 5.74) is 0. The largest absolute Gasteiger partial charge is 0.461 e. The number of carbonyl (C=O) groups is 1. The summed E-state index contributed by atoms with van der Waals surface area (Å²) in [6.07, 6.45) is -14.3. The fourth-order valence-corrected chi connectivity index (χ4v) is 2.49. The molecule has 13 heteroatoms. The molecule has 2 unspecified atom stereocenters. The molecule has 1 rings (SSSR count). The molecule has 0 radical (unpaired) electrons. The van der Waals surface area contributed by atoms with E-state index in [1.165, 1.54) is 0 Å². The molecule has 0 aliphatic heterocycles. The maximum atomic E-state index is 13.0. The van der Waals surface area contributed by atoms with Crippen LogP contribution < -0.4 is 0 Å². The fraction of sp³-hybridized carbons (Fsp3) is 0.900. The lowest BCUT2D eigenvalue weighted by Crippen LogP contribution is -2.61. The van der Waals surface area contributed by atoms with Gasteiger partial charge < -0.3 is 9.84 Å². The monoisotopic (exact) mass is 374 g/mol. The molecule has 0 bridgehead atoms. The average molecular weight is 374 g/mol. The Labute approximate surface area is 129 Å². The number of esters is 1. The van der Waals surface area contributed by atoms with E-state index in [1.54, 1.807) is 0 Å². The highest BCUT2D eigenvalue weighted by Crippen LogP contribution is 2.53. The molecule has 136 valence electrons. The minimum absolute atomic E-state index is 0.0105. The van der Waals surface area contributed by atoms with Crippen LogP contribution in [0, 0.1) is 0 Å². The quantitative estimate of drug-likeness (QED) is 0.252. The van der Waals surface area contributed by atoms with Crippen LogP contribution in [0.3, 0.4) is 0 Å². The maximum Gasteiger partial charge on any atom is 0.425 e. The first kappa shape index (κ1) is 20.3. The third-order valence-electron chi connectivity index (χ3n) is 3.15. The zero-order valence-corrected chi connectivity index (χ0v) is 12.0. The van der Waals surface area contributed by atoms with Gasteiger partial charge in [-0.25, -0.2) is 10.1 Å². The molecular formula is C10H12F6O6S. The number of rotatable bonds is 5. The predicted octanol–water partition coefficient (Wildman–Crippen LogP) is 2.77. The highest BCUT2D eigenvalue weighted by Gasteiger charge is 2.79. The minimum Gasteiger partial charge on any atom is -0.461 e. The zero-order valence-electron chi connectivity index (χ0n) is 11.2. The SMILES string of the molecule is O=C(OC1CCCC(O)C1)C(SOOO)(C(F)(F)F)C(F)(F)F. The number of aliphatic hydroxyl groups excluding tert-OH is 1. The second kappa shape index (κ2) is 7.42. The molecule has 0 spiro atoms. The van der Waals surface area contributed by atoms with Gasteiger partial charge in [0.25, 0.3) is 0 Å². The van der Waals surface area contributed by atoms with E-state index >= 15 is 0 Å². The Morgan fingerprint density at radius 3 is 2.09 bits per heavy atom. The smallest absolute Gasteiger partial charge is 0.425 e. The van der Waals surface area contributed by atoms with Gasteiger partial charge in [-0.05, 0) is 19.3 Å². The van der Waals surface area contributed by atoms with E-state index in [0.717, 1.165) is 0 Å². The van der Waals surface area contributed by atoms with Gasteiger partial charge in [-0.1, -0.05) is 5.04 Å². The van der Waals surface area contributed by atoms with Crippen molar-refractivity contribution in [3.05, 3.63) is 0 Å². The molecule has 1 aliphatic carbocycles. The molecule has 1 aliphatic rings. The van der Waals surface area contributed by atoms with E-state index in [2.05, 4.69) is 14.1 Å². The number of hydrogen-bond donors (Lipinski definition) is 2. The lowest BCUT2D eigenvalue weighted by Gasteiger charge is -2.34. The van der Waals surface area contributed by atoms with E-state index < -0.39 is 47.3 Å². The molecule has 2 atom stereocenters. The number of aliphatic hydroxyl groups is 1. The van der Waals surface area contributed by atoms with Crippen LogP contribution in [-0.4, -0.2) is 45.6 Å². The van der Waals surface area contributed by atoms with Crippen molar-refractivity contribution in [3.63, 3.8) is 0 Å². The Morgan fingerprint density at radius 2 is 1.65 bits per heavy atom. The molecule has 0 heterocycles. The molecule has 0 amide bonds. The molecule has 1 saturated carbocycles. The van der Waals surface area contributed by atoms with E-state index in [0.29, 0.717) is 6.42 Å². The van der Waals surface area contributed by atoms with Crippen LogP contribution in [0.1, 0.15) is 25.7 Å². The van der Waals surface area contributed by atoms with Crippen molar-refractivity contribution in [1.29, 1.82) is 0 Å². The standard InChI is InChI=1S/C10H12F6O6S/c11-9(12,13)8(10(14,15)16,23-22-21-19)7(18)20-6-3-1-2-5(17)4-6/h5-6,17,19H,1-4H2. The van der Waals surface area contributed by atoms with Crippen molar-refractivity contribution in [2.45, 2.75) is 55.0 Å². The highest BCUT2D eigenvalue weighted by atomic mass is 32.2. The van der Waals surface area contributed by atoms with Crippen LogP contribution in [0.2, 0.25) is 0 Å². The number of alkyl halides is 6. The fourth-order valence-electron chi connectivity index (χ4n) is 2.05. The first-order valence-corrected chi connectivity index (χ1v) is 6.88. The predicted molar refractivity (Wildman–Crippen MR) is 61.6 cm³/mol. The van der Waals surface area contributed by atoms with Crippen LogP contribution in [0.15, 0.2) is 0 Å². The lowest BCUT2D eigenvalue weighted by molar-refractivity contribution is -0.434. The van der Waals surface area contributed by atoms with Gasteiger partial charge in [0.15, 0.2) is 0 Å². The van der Waals surface area contributed by atoms with Gasteiger partial charge in [0, 0.05) is 6.42 Å². The summed E-state index contributed by atoms with van der Waals surface area (Å²) in [6.45, 7) is 0. The lowest BCUT2D eigenvalue weighted by atomic mass is 9.95. The topological polar surface area (TPSA) is 85.2 Å². The van der Waals surface area contributed by atoms with E-state index in [1.807, 2.05) is 0 Å².